The van der Waals surface area contributed by atoms with Crippen molar-refractivity contribution in [3.05, 3.63) is 89.1 Å². The molecule has 0 amide bonds. The molecule has 0 unspecified atom stereocenters. The Labute approximate surface area is 216 Å². The molecule has 1 aromatic heterocycles. The highest BCUT2D eigenvalue weighted by molar-refractivity contribution is 5.61. The van der Waals surface area contributed by atoms with Crippen LogP contribution < -0.4 is 5.32 Å². The van der Waals surface area contributed by atoms with Gasteiger partial charge in [0.15, 0.2) is 0 Å². The predicted molar refractivity (Wildman–Crippen MR) is 130 cm³/mol. The maximum absolute atomic E-state index is 13.6. The lowest BCUT2D eigenvalue weighted by Crippen LogP contribution is -2.38. The topological polar surface area (TPSA) is 54.4 Å². The van der Waals surface area contributed by atoms with E-state index in [1.807, 2.05) is 30.3 Å². The summed E-state index contributed by atoms with van der Waals surface area (Å²) in [6.07, 6.45) is -7.84. The molecule has 2 N–H and O–H groups in total. The summed E-state index contributed by atoms with van der Waals surface area (Å²) in [6, 6.07) is 15.2. The van der Waals surface area contributed by atoms with E-state index in [2.05, 4.69) is 10.3 Å². The molecular formula is C28H28F6N2O2. The van der Waals surface area contributed by atoms with Gasteiger partial charge < -0.3 is 15.2 Å². The largest absolute Gasteiger partial charge is 0.433 e. The molecule has 1 heterocycles. The minimum absolute atomic E-state index is 0.0490. The Morgan fingerprint density at radius 3 is 2.21 bits per heavy atom. The van der Waals surface area contributed by atoms with Crippen LogP contribution >= 0.6 is 0 Å². The van der Waals surface area contributed by atoms with Crippen molar-refractivity contribution in [2.24, 2.45) is 5.92 Å². The molecule has 0 aliphatic heterocycles. The molecule has 0 radical (unpaired) electrons. The number of aliphatic hydroxyl groups is 1. The molecule has 204 valence electrons. The molecule has 3 aromatic rings. The van der Waals surface area contributed by atoms with Crippen LogP contribution in [0.5, 0.6) is 0 Å². The van der Waals surface area contributed by atoms with Crippen LogP contribution in [0.25, 0.3) is 11.3 Å². The Balaban J connectivity index is 1.51. The second-order valence-electron chi connectivity index (χ2n) is 9.54. The van der Waals surface area contributed by atoms with Crippen LogP contribution in [-0.4, -0.2) is 35.9 Å². The third-order valence-corrected chi connectivity index (χ3v) is 6.33. The van der Waals surface area contributed by atoms with Gasteiger partial charge in [-0.3, -0.25) is 0 Å². The van der Waals surface area contributed by atoms with Crippen LogP contribution in [0, 0.1) is 5.92 Å². The number of ether oxygens (including phenoxy) is 1. The fourth-order valence-corrected chi connectivity index (χ4v) is 4.01. The molecule has 38 heavy (non-hydrogen) atoms. The van der Waals surface area contributed by atoms with Crippen LogP contribution in [0.3, 0.4) is 0 Å². The Morgan fingerprint density at radius 1 is 0.921 bits per heavy atom. The van der Waals surface area contributed by atoms with Gasteiger partial charge in [0.1, 0.15) is 5.69 Å². The van der Waals surface area contributed by atoms with E-state index < -0.39 is 29.7 Å². The molecule has 1 aliphatic rings. The van der Waals surface area contributed by atoms with E-state index in [9.17, 15) is 31.4 Å². The molecule has 4 rings (SSSR count). The first-order valence-corrected chi connectivity index (χ1v) is 12.3. The third kappa shape index (κ3) is 8.02. The lowest BCUT2D eigenvalue weighted by molar-refractivity contribution is -0.141. The van der Waals surface area contributed by atoms with E-state index in [1.54, 1.807) is 0 Å². The summed E-state index contributed by atoms with van der Waals surface area (Å²) in [6.45, 7) is 0.961. The second kappa shape index (κ2) is 11.8. The molecule has 1 aliphatic carbocycles. The van der Waals surface area contributed by atoms with E-state index in [0.717, 1.165) is 48.7 Å². The van der Waals surface area contributed by atoms with Crippen LogP contribution in [0.1, 0.15) is 41.3 Å². The second-order valence-corrected chi connectivity index (χ2v) is 9.54. The van der Waals surface area contributed by atoms with Crippen molar-refractivity contribution >= 4 is 0 Å². The highest BCUT2D eigenvalue weighted by Gasteiger charge is 2.34. The number of nitrogens with zero attached hydrogens (tertiary/aromatic N) is 1. The van der Waals surface area contributed by atoms with Gasteiger partial charge in [0.25, 0.3) is 0 Å². The number of alkyl halides is 6. The monoisotopic (exact) mass is 538 g/mol. The lowest BCUT2D eigenvalue weighted by atomic mass is 10.0. The molecule has 2 aromatic carbocycles. The number of nitrogens with one attached hydrogen (secondary N) is 1. The van der Waals surface area contributed by atoms with Gasteiger partial charge in [-0.05, 0) is 60.6 Å². The number of hydrogen-bond donors (Lipinski definition) is 2. The first-order chi connectivity index (χ1) is 18.0. The molecule has 0 bridgehead atoms. The van der Waals surface area contributed by atoms with E-state index in [-0.39, 0.29) is 29.4 Å². The zero-order valence-corrected chi connectivity index (χ0v) is 20.4. The molecular weight excluding hydrogens is 510 g/mol. The van der Waals surface area contributed by atoms with Gasteiger partial charge in [0.2, 0.25) is 0 Å². The number of rotatable bonds is 11. The highest BCUT2D eigenvalue weighted by Crippen LogP contribution is 2.34. The van der Waals surface area contributed by atoms with Gasteiger partial charge in [0.05, 0.1) is 24.0 Å². The molecule has 1 fully saturated rings. The Kier molecular flexibility index (Phi) is 8.74. The summed E-state index contributed by atoms with van der Waals surface area (Å²) in [7, 11) is 0. The van der Waals surface area contributed by atoms with Crippen molar-refractivity contribution in [3.63, 3.8) is 0 Å². The van der Waals surface area contributed by atoms with E-state index >= 15 is 0 Å². The summed E-state index contributed by atoms with van der Waals surface area (Å²) in [5.41, 5.74) is -1.28. The van der Waals surface area contributed by atoms with Gasteiger partial charge in [-0.25, -0.2) is 4.98 Å². The molecule has 0 spiro atoms. The highest BCUT2D eigenvalue weighted by atomic mass is 19.4. The number of halogens is 6. The van der Waals surface area contributed by atoms with Crippen molar-refractivity contribution in [1.82, 2.24) is 10.3 Å². The van der Waals surface area contributed by atoms with Gasteiger partial charge in [-0.2, -0.15) is 26.3 Å². The number of pyridine rings is 1. The van der Waals surface area contributed by atoms with Crippen LogP contribution in [0.4, 0.5) is 26.3 Å². The van der Waals surface area contributed by atoms with Crippen molar-refractivity contribution in [1.29, 1.82) is 0 Å². The molecule has 0 saturated heterocycles. The van der Waals surface area contributed by atoms with Gasteiger partial charge >= 0.3 is 12.4 Å². The zero-order chi connectivity index (χ0) is 27.3. The minimum Gasteiger partial charge on any atom is -0.387 e. The lowest BCUT2D eigenvalue weighted by Gasteiger charge is -2.22. The van der Waals surface area contributed by atoms with E-state index in [0.29, 0.717) is 25.6 Å². The molecule has 10 heteroatoms. The Bertz CT molecular complexity index is 1180. The standard InChI is InChI=1S/C28H28F6N2O2/c29-27(30,31)22-10-8-20(9-11-22)24-13-21(14-26(36-24)28(32,33)34)25(37)15-35-23(17-38-16-19-6-7-19)12-18-4-2-1-3-5-18/h1-5,8-11,13-14,19,23,25,35,37H,6-7,12,15-17H2/t23-,25-/m0/s1. The average molecular weight is 539 g/mol. The number of hydrogen-bond acceptors (Lipinski definition) is 4. The maximum atomic E-state index is 13.6. The van der Waals surface area contributed by atoms with Crippen LogP contribution in [-0.2, 0) is 23.5 Å². The van der Waals surface area contributed by atoms with Crippen LogP contribution in [0.15, 0.2) is 66.7 Å². The van der Waals surface area contributed by atoms with Gasteiger partial charge in [-0.15, -0.1) is 0 Å². The van der Waals surface area contributed by atoms with E-state index in [1.165, 1.54) is 6.07 Å². The van der Waals surface area contributed by atoms with Crippen molar-refractivity contribution in [3.8, 4) is 11.3 Å². The molecule has 1 saturated carbocycles. The third-order valence-electron chi connectivity index (χ3n) is 6.33. The number of aliphatic hydroxyl groups excluding tert-OH is 1. The predicted octanol–water partition coefficient (Wildman–Crippen LogP) is 6.45. The SMILES string of the molecule is O[C@@H](CN[C@H](COCC1CC1)Cc1ccccc1)c1cc(-c2ccc(C(F)(F)F)cc2)nc(C(F)(F)F)c1. The summed E-state index contributed by atoms with van der Waals surface area (Å²) < 4.78 is 85.3. The quantitative estimate of drug-likeness (QED) is 0.276. The first-order valence-electron chi connectivity index (χ1n) is 12.3. The van der Waals surface area contributed by atoms with Crippen LogP contribution in [0.2, 0.25) is 0 Å². The smallest absolute Gasteiger partial charge is 0.387 e. The van der Waals surface area contributed by atoms with Gasteiger partial charge in [-0.1, -0.05) is 42.5 Å². The number of benzene rings is 2. The fraction of sp³-hybridized carbons (Fsp3) is 0.393. The van der Waals surface area contributed by atoms with Crippen molar-refractivity contribution in [2.45, 2.75) is 43.8 Å². The minimum atomic E-state index is -4.81. The van der Waals surface area contributed by atoms with Crippen molar-refractivity contribution < 1.29 is 36.2 Å². The molecule has 4 nitrogen and oxygen atoms in total. The fourth-order valence-electron chi connectivity index (χ4n) is 4.01. The summed E-state index contributed by atoms with van der Waals surface area (Å²) in [4.78, 5) is 3.61. The Hall–Kier alpha value is -2.95. The summed E-state index contributed by atoms with van der Waals surface area (Å²) >= 11 is 0. The van der Waals surface area contributed by atoms with Gasteiger partial charge in [0, 0.05) is 24.8 Å². The first kappa shape index (κ1) is 28.1. The molecule has 2 atom stereocenters. The Morgan fingerprint density at radius 2 is 1.61 bits per heavy atom. The zero-order valence-electron chi connectivity index (χ0n) is 20.4. The van der Waals surface area contributed by atoms with Crippen molar-refractivity contribution in [2.75, 3.05) is 19.8 Å². The summed E-state index contributed by atoms with van der Waals surface area (Å²) in [5.74, 6) is 0.569. The van der Waals surface area contributed by atoms with E-state index in [4.69, 9.17) is 4.74 Å². The average Bonchev–Trinajstić information content (AvgIpc) is 3.71. The normalized spacial score (nSPS) is 15.9. The number of aromatic nitrogens is 1. The maximum Gasteiger partial charge on any atom is 0.433 e. The summed E-state index contributed by atoms with van der Waals surface area (Å²) in [5, 5.41) is 14.0.